The molecule has 1 saturated heterocycles. The van der Waals surface area contributed by atoms with Gasteiger partial charge in [-0.15, -0.1) is 0 Å². The molecule has 2 N–H and O–H groups in total. The van der Waals surface area contributed by atoms with E-state index < -0.39 is 5.97 Å². The molecule has 1 aliphatic rings. The van der Waals surface area contributed by atoms with E-state index in [9.17, 15) is 14.4 Å². The van der Waals surface area contributed by atoms with Crippen molar-refractivity contribution in [2.24, 2.45) is 0 Å². The molecule has 0 bridgehead atoms. The maximum atomic E-state index is 11.8. The van der Waals surface area contributed by atoms with E-state index in [0.717, 1.165) is 0 Å². The zero-order valence-corrected chi connectivity index (χ0v) is 11.9. The third-order valence-corrected chi connectivity index (χ3v) is 3.25. The van der Waals surface area contributed by atoms with Crippen molar-refractivity contribution in [2.75, 3.05) is 39.3 Å². The molecule has 0 aromatic carbocycles. The van der Waals surface area contributed by atoms with E-state index in [1.54, 1.807) is 4.90 Å². The Bertz CT molecular complexity index is 352. The Kier molecular flexibility index (Phi) is 7.00. The van der Waals surface area contributed by atoms with Crippen LogP contribution in [0.5, 0.6) is 0 Å². The third kappa shape index (κ3) is 6.01. The fraction of sp³-hybridized carbons (Fsp3) is 0.769. The minimum Gasteiger partial charge on any atom is -0.481 e. The molecule has 20 heavy (non-hydrogen) atoms. The number of nitrogens with zero attached hydrogens (tertiary/aromatic N) is 2. The lowest BCUT2D eigenvalue weighted by Crippen LogP contribution is -2.51. The number of carboxylic acids is 1. The van der Waals surface area contributed by atoms with Gasteiger partial charge in [0.25, 0.3) is 0 Å². The molecular formula is C13H23N3O4. The highest BCUT2D eigenvalue weighted by molar-refractivity contribution is 5.78. The number of hydrogen-bond acceptors (Lipinski definition) is 4. The zero-order valence-electron chi connectivity index (χ0n) is 11.9. The minimum atomic E-state index is -0.871. The van der Waals surface area contributed by atoms with Gasteiger partial charge in [-0.3, -0.25) is 19.3 Å². The van der Waals surface area contributed by atoms with Gasteiger partial charge in [-0.05, 0) is 13.3 Å². The lowest BCUT2D eigenvalue weighted by Gasteiger charge is -2.34. The predicted octanol–water partition coefficient (Wildman–Crippen LogP) is -0.478. The summed E-state index contributed by atoms with van der Waals surface area (Å²) in [6.07, 6.45) is 0.693. The SMILES string of the molecule is CCNC(=O)CN1CCN(C(=O)CCCC(=O)O)CC1. The Hall–Kier alpha value is -1.63. The second-order valence-electron chi connectivity index (χ2n) is 4.86. The van der Waals surface area contributed by atoms with Gasteiger partial charge in [-0.25, -0.2) is 0 Å². The summed E-state index contributed by atoms with van der Waals surface area (Å²) in [5.74, 6) is -0.859. The monoisotopic (exact) mass is 285 g/mol. The molecule has 0 saturated carbocycles. The standard InChI is InChI=1S/C13H23N3O4/c1-2-14-11(17)10-15-6-8-16(9-7-15)12(18)4-3-5-13(19)20/h2-10H2,1H3,(H,14,17)(H,19,20). The summed E-state index contributed by atoms with van der Waals surface area (Å²) in [6, 6.07) is 0. The molecule has 0 aromatic heterocycles. The van der Waals surface area contributed by atoms with Crippen LogP contribution in [0.2, 0.25) is 0 Å². The van der Waals surface area contributed by atoms with Crippen molar-refractivity contribution >= 4 is 17.8 Å². The van der Waals surface area contributed by atoms with Crippen molar-refractivity contribution in [1.29, 1.82) is 0 Å². The van der Waals surface area contributed by atoms with Gasteiger partial charge in [-0.2, -0.15) is 0 Å². The number of rotatable bonds is 7. The van der Waals surface area contributed by atoms with Crippen molar-refractivity contribution in [2.45, 2.75) is 26.2 Å². The van der Waals surface area contributed by atoms with Crippen LogP contribution in [-0.4, -0.2) is 72.0 Å². The van der Waals surface area contributed by atoms with E-state index in [1.807, 2.05) is 11.8 Å². The first-order chi connectivity index (χ1) is 9.52. The van der Waals surface area contributed by atoms with Crippen LogP contribution in [0.3, 0.4) is 0 Å². The molecule has 1 aliphatic heterocycles. The van der Waals surface area contributed by atoms with Crippen molar-refractivity contribution < 1.29 is 19.5 Å². The van der Waals surface area contributed by atoms with Crippen molar-refractivity contribution in [3.63, 3.8) is 0 Å². The van der Waals surface area contributed by atoms with E-state index in [-0.39, 0.29) is 24.7 Å². The van der Waals surface area contributed by atoms with E-state index in [1.165, 1.54) is 0 Å². The summed E-state index contributed by atoms with van der Waals surface area (Å²) >= 11 is 0. The Balaban J connectivity index is 2.22. The van der Waals surface area contributed by atoms with Crippen molar-refractivity contribution in [1.82, 2.24) is 15.1 Å². The summed E-state index contributed by atoms with van der Waals surface area (Å²) in [5.41, 5.74) is 0. The van der Waals surface area contributed by atoms with Crippen LogP contribution in [0.4, 0.5) is 0 Å². The van der Waals surface area contributed by atoms with E-state index in [0.29, 0.717) is 45.7 Å². The number of carboxylic acid groups (broad SMARTS) is 1. The Labute approximate surface area is 118 Å². The molecule has 0 spiro atoms. The fourth-order valence-corrected chi connectivity index (χ4v) is 2.16. The van der Waals surface area contributed by atoms with E-state index in [2.05, 4.69) is 5.32 Å². The number of hydrogen-bond donors (Lipinski definition) is 2. The largest absolute Gasteiger partial charge is 0.481 e. The molecule has 1 fully saturated rings. The Morgan fingerprint density at radius 1 is 1.10 bits per heavy atom. The number of amides is 2. The Morgan fingerprint density at radius 2 is 1.75 bits per heavy atom. The van der Waals surface area contributed by atoms with Gasteiger partial charge in [0.2, 0.25) is 11.8 Å². The maximum Gasteiger partial charge on any atom is 0.303 e. The van der Waals surface area contributed by atoms with Crippen molar-refractivity contribution in [3.05, 3.63) is 0 Å². The molecule has 0 unspecified atom stereocenters. The van der Waals surface area contributed by atoms with E-state index >= 15 is 0 Å². The third-order valence-electron chi connectivity index (χ3n) is 3.25. The number of carbonyl (C=O) groups excluding carboxylic acids is 2. The van der Waals surface area contributed by atoms with Crippen LogP contribution in [0.15, 0.2) is 0 Å². The van der Waals surface area contributed by atoms with Gasteiger partial charge < -0.3 is 15.3 Å². The highest BCUT2D eigenvalue weighted by atomic mass is 16.4. The molecule has 1 heterocycles. The molecule has 0 atom stereocenters. The molecule has 0 aromatic rings. The van der Waals surface area contributed by atoms with Gasteiger partial charge >= 0.3 is 5.97 Å². The summed E-state index contributed by atoms with van der Waals surface area (Å²) in [5, 5.41) is 11.3. The highest BCUT2D eigenvalue weighted by Crippen LogP contribution is 2.06. The topological polar surface area (TPSA) is 90.0 Å². The van der Waals surface area contributed by atoms with Gasteiger partial charge in [0.1, 0.15) is 0 Å². The average molecular weight is 285 g/mol. The van der Waals surface area contributed by atoms with Crippen LogP contribution in [0.25, 0.3) is 0 Å². The molecule has 1 rings (SSSR count). The molecule has 114 valence electrons. The quantitative estimate of drug-likeness (QED) is 0.659. The second kappa shape index (κ2) is 8.52. The molecule has 2 amide bonds. The summed E-state index contributed by atoms with van der Waals surface area (Å²) in [6.45, 7) is 5.45. The molecule has 7 heteroatoms. The summed E-state index contributed by atoms with van der Waals surface area (Å²) in [7, 11) is 0. The minimum absolute atomic E-state index is 0.00362. The molecular weight excluding hydrogens is 262 g/mol. The average Bonchev–Trinajstić information content (AvgIpc) is 2.39. The lowest BCUT2D eigenvalue weighted by atomic mass is 10.2. The highest BCUT2D eigenvalue weighted by Gasteiger charge is 2.21. The molecule has 0 radical (unpaired) electrons. The van der Waals surface area contributed by atoms with Gasteiger partial charge in [0.15, 0.2) is 0 Å². The van der Waals surface area contributed by atoms with E-state index in [4.69, 9.17) is 5.11 Å². The Morgan fingerprint density at radius 3 is 2.30 bits per heavy atom. The normalized spacial score (nSPS) is 15.9. The smallest absolute Gasteiger partial charge is 0.303 e. The second-order valence-corrected chi connectivity index (χ2v) is 4.86. The number of carbonyl (C=O) groups is 3. The summed E-state index contributed by atoms with van der Waals surface area (Å²) < 4.78 is 0. The van der Waals surface area contributed by atoms with Crippen LogP contribution in [0.1, 0.15) is 26.2 Å². The van der Waals surface area contributed by atoms with Gasteiger partial charge in [0, 0.05) is 45.6 Å². The fourth-order valence-electron chi connectivity index (χ4n) is 2.16. The van der Waals surface area contributed by atoms with Crippen LogP contribution in [0, 0.1) is 0 Å². The van der Waals surface area contributed by atoms with Crippen LogP contribution < -0.4 is 5.32 Å². The number of likely N-dealkylation sites (N-methyl/N-ethyl adjacent to an activating group) is 1. The van der Waals surface area contributed by atoms with Crippen LogP contribution >= 0.6 is 0 Å². The first-order valence-electron chi connectivity index (χ1n) is 7.01. The van der Waals surface area contributed by atoms with Gasteiger partial charge in [0.05, 0.1) is 6.54 Å². The number of nitrogens with one attached hydrogen (secondary N) is 1. The maximum absolute atomic E-state index is 11.8. The molecule has 7 nitrogen and oxygen atoms in total. The molecule has 0 aliphatic carbocycles. The van der Waals surface area contributed by atoms with Gasteiger partial charge in [-0.1, -0.05) is 0 Å². The zero-order chi connectivity index (χ0) is 15.0. The lowest BCUT2D eigenvalue weighted by molar-refractivity contribution is -0.137. The number of aliphatic carboxylic acids is 1. The van der Waals surface area contributed by atoms with Crippen LogP contribution in [-0.2, 0) is 14.4 Å². The van der Waals surface area contributed by atoms with Crippen molar-refractivity contribution in [3.8, 4) is 0 Å². The first-order valence-corrected chi connectivity index (χ1v) is 7.01. The summed E-state index contributed by atoms with van der Waals surface area (Å²) in [4.78, 5) is 37.4. The predicted molar refractivity (Wildman–Crippen MR) is 73.2 cm³/mol. The first kappa shape index (κ1) is 16.4. The number of piperazine rings is 1.